The summed E-state index contributed by atoms with van der Waals surface area (Å²) in [5, 5.41) is 0. The second kappa shape index (κ2) is 5.33. The Morgan fingerprint density at radius 1 is 1.30 bits per heavy atom. The summed E-state index contributed by atoms with van der Waals surface area (Å²) in [6.07, 6.45) is -3.55. The van der Waals surface area contributed by atoms with Crippen molar-refractivity contribution in [2.45, 2.75) is 12.7 Å². The zero-order valence-electron chi connectivity index (χ0n) is 10.1. The van der Waals surface area contributed by atoms with Crippen molar-refractivity contribution in [2.75, 3.05) is 0 Å². The standard InChI is InChI=1S/C12H10F3N3O2/c13-12(14,15)8-3-7(5-16)1-2-9(8)20-11-4-10(19)17-6-18-11/h1-4,6H,5,16H2,(H,17,18,19). The van der Waals surface area contributed by atoms with Gasteiger partial charge < -0.3 is 15.5 Å². The number of aromatic amines is 1. The summed E-state index contributed by atoms with van der Waals surface area (Å²) < 4.78 is 43.8. The Hall–Kier alpha value is -2.35. The number of H-pyrrole nitrogens is 1. The van der Waals surface area contributed by atoms with Gasteiger partial charge in [-0.2, -0.15) is 13.2 Å². The molecule has 0 aliphatic rings. The zero-order chi connectivity index (χ0) is 14.8. The highest BCUT2D eigenvalue weighted by atomic mass is 19.4. The van der Waals surface area contributed by atoms with Crippen LogP contribution in [0.1, 0.15) is 11.1 Å². The second-order valence-corrected chi connectivity index (χ2v) is 3.88. The second-order valence-electron chi connectivity index (χ2n) is 3.88. The van der Waals surface area contributed by atoms with E-state index >= 15 is 0 Å². The lowest BCUT2D eigenvalue weighted by Crippen LogP contribution is -2.10. The number of halogens is 3. The van der Waals surface area contributed by atoms with Crippen molar-refractivity contribution < 1.29 is 17.9 Å². The van der Waals surface area contributed by atoms with E-state index in [2.05, 4.69) is 9.97 Å². The summed E-state index contributed by atoms with van der Waals surface area (Å²) >= 11 is 0. The molecule has 3 N–H and O–H groups in total. The lowest BCUT2D eigenvalue weighted by atomic mass is 10.1. The fourth-order valence-corrected chi connectivity index (χ4v) is 1.53. The van der Waals surface area contributed by atoms with Gasteiger partial charge in [0.15, 0.2) is 0 Å². The summed E-state index contributed by atoms with van der Waals surface area (Å²) in [6.45, 7) is -0.0212. The molecule has 0 spiro atoms. The molecule has 0 unspecified atom stereocenters. The van der Waals surface area contributed by atoms with Crippen molar-refractivity contribution in [3.05, 3.63) is 52.1 Å². The van der Waals surface area contributed by atoms with Crippen LogP contribution in [0.4, 0.5) is 13.2 Å². The van der Waals surface area contributed by atoms with Gasteiger partial charge in [0.25, 0.3) is 5.56 Å². The van der Waals surface area contributed by atoms with Crippen molar-refractivity contribution >= 4 is 0 Å². The molecule has 20 heavy (non-hydrogen) atoms. The van der Waals surface area contributed by atoms with E-state index in [1.165, 1.54) is 6.07 Å². The monoisotopic (exact) mass is 285 g/mol. The molecule has 5 nitrogen and oxygen atoms in total. The van der Waals surface area contributed by atoms with Crippen molar-refractivity contribution in [2.24, 2.45) is 5.73 Å². The third-order valence-electron chi connectivity index (χ3n) is 2.45. The van der Waals surface area contributed by atoms with Crippen LogP contribution in [0.2, 0.25) is 0 Å². The highest BCUT2D eigenvalue weighted by Gasteiger charge is 2.34. The maximum absolute atomic E-state index is 12.9. The highest BCUT2D eigenvalue weighted by molar-refractivity contribution is 5.41. The minimum absolute atomic E-state index is 0.0212. The molecule has 0 saturated carbocycles. The first-order chi connectivity index (χ1) is 9.40. The lowest BCUT2D eigenvalue weighted by Gasteiger charge is -2.14. The van der Waals surface area contributed by atoms with E-state index < -0.39 is 23.0 Å². The van der Waals surface area contributed by atoms with Crippen LogP contribution in [0, 0.1) is 0 Å². The highest BCUT2D eigenvalue weighted by Crippen LogP contribution is 2.38. The molecule has 0 atom stereocenters. The minimum Gasteiger partial charge on any atom is -0.438 e. The van der Waals surface area contributed by atoms with Crippen molar-refractivity contribution in [1.29, 1.82) is 0 Å². The predicted molar refractivity (Wildman–Crippen MR) is 64.3 cm³/mol. The van der Waals surface area contributed by atoms with E-state index in [4.69, 9.17) is 10.5 Å². The fourth-order valence-electron chi connectivity index (χ4n) is 1.53. The molecule has 0 aliphatic heterocycles. The third kappa shape index (κ3) is 3.15. The van der Waals surface area contributed by atoms with Crippen molar-refractivity contribution in [3.8, 4) is 11.6 Å². The Kier molecular flexibility index (Phi) is 3.75. The molecular formula is C12H10F3N3O2. The Morgan fingerprint density at radius 2 is 2.05 bits per heavy atom. The van der Waals surface area contributed by atoms with Gasteiger partial charge in [-0.05, 0) is 17.7 Å². The molecule has 0 amide bonds. The molecule has 0 bridgehead atoms. The third-order valence-corrected chi connectivity index (χ3v) is 2.45. The first-order valence-electron chi connectivity index (χ1n) is 5.53. The Labute approximate surface area is 111 Å². The average molecular weight is 285 g/mol. The molecule has 106 valence electrons. The van der Waals surface area contributed by atoms with E-state index in [9.17, 15) is 18.0 Å². The topological polar surface area (TPSA) is 81.0 Å². The van der Waals surface area contributed by atoms with Gasteiger partial charge in [-0.3, -0.25) is 4.79 Å². The summed E-state index contributed by atoms with van der Waals surface area (Å²) in [7, 11) is 0. The molecule has 0 saturated heterocycles. The van der Waals surface area contributed by atoms with Crippen LogP contribution in [-0.4, -0.2) is 9.97 Å². The van der Waals surface area contributed by atoms with E-state index in [1.807, 2.05) is 0 Å². The van der Waals surface area contributed by atoms with Crippen LogP contribution in [0.3, 0.4) is 0 Å². The molecule has 0 radical (unpaired) electrons. The maximum atomic E-state index is 12.9. The SMILES string of the molecule is NCc1ccc(Oc2cc(=O)[nH]cn2)c(C(F)(F)F)c1. The number of nitrogens with one attached hydrogen (secondary N) is 1. The number of rotatable bonds is 3. The number of nitrogens with two attached hydrogens (primary N) is 1. The van der Waals surface area contributed by atoms with Crippen LogP contribution in [0.5, 0.6) is 11.6 Å². The van der Waals surface area contributed by atoms with Gasteiger partial charge in [-0.15, -0.1) is 0 Å². The number of alkyl halides is 3. The number of nitrogens with zero attached hydrogens (tertiary/aromatic N) is 1. The fraction of sp³-hybridized carbons (Fsp3) is 0.167. The van der Waals surface area contributed by atoms with Crippen LogP contribution in [0.25, 0.3) is 0 Å². The quantitative estimate of drug-likeness (QED) is 0.904. The Bertz CT molecular complexity index is 667. The van der Waals surface area contributed by atoms with E-state index in [0.29, 0.717) is 5.56 Å². The van der Waals surface area contributed by atoms with Crippen LogP contribution >= 0.6 is 0 Å². The lowest BCUT2D eigenvalue weighted by molar-refractivity contribution is -0.138. The Morgan fingerprint density at radius 3 is 2.65 bits per heavy atom. The summed E-state index contributed by atoms with van der Waals surface area (Å²) in [4.78, 5) is 16.9. The van der Waals surface area contributed by atoms with Crippen molar-refractivity contribution in [1.82, 2.24) is 9.97 Å². The molecule has 1 heterocycles. The number of hydrogen-bond acceptors (Lipinski definition) is 4. The maximum Gasteiger partial charge on any atom is 0.419 e. The number of aromatic nitrogens is 2. The van der Waals surface area contributed by atoms with E-state index in [0.717, 1.165) is 24.5 Å². The van der Waals surface area contributed by atoms with Gasteiger partial charge in [-0.25, -0.2) is 4.98 Å². The summed E-state index contributed by atoms with van der Waals surface area (Å²) in [5.41, 5.74) is 4.15. The largest absolute Gasteiger partial charge is 0.438 e. The van der Waals surface area contributed by atoms with Gasteiger partial charge in [-0.1, -0.05) is 6.07 Å². The van der Waals surface area contributed by atoms with E-state index in [-0.39, 0.29) is 12.4 Å². The smallest absolute Gasteiger partial charge is 0.419 e. The Balaban J connectivity index is 2.43. The molecule has 0 fully saturated rings. The van der Waals surface area contributed by atoms with Gasteiger partial charge >= 0.3 is 6.18 Å². The average Bonchev–Trinajstić information content (AvgIpc) is 2.38. The van der Waals surface area contributed by atoms with Gasteiger partial charge in [0.05, 0.1) is 18.0 Å². The van der Waals surface area contributed by atoms with Crippen LogP contribution in [-0.2, 0) is 12.7 Å². The number of hydrogen-bond donors (Lipinski definition) is 2. The number of ether oxygens (including phenoxy) is 1. The molecule has 2 rings (SSSR count). The summed E-state index contributed by atoms with van der Waals surface area (Å²) in [5.74, 6) is -0.660. The predicted octanol–water partition coefficient (Wildman–Crippen LogP) is 2.04. The van der Waals surface area contributed by atoms with Gasteiger partial charge in [0.1, 0.15) is 5.75 Å². The van der Waals surface area contributed by atoms with E-state index in [1.54, 1.807) is 0 Å². The first kappa shape index (κ1) is 14.1. The molecule has 8 heteroatoms. The minimum atomic E-state index is -4.60. The molecule has 1 aromatic heterocycles. The summed E-state index contributed by atoms with van der Waals surface area (Å²) in [6, 6.07) is 4.42. The molecule has 1 aromatic carbocycles. The van der Waals surface area contributed by atoms with Gasteiger partial charge in [0.2, 0.25) is 5.88 Å². The molecule has 2 aromatic rings. The molecule has 0 aliphatic carbocycles. The van der Waals surface area contributed by atoms with Crippen molar-refractivity contribution in [3.63, 3.8) is 0 Å². The van der Waals surface area contributed by atoms with Gasteiger partial charge in [0, 0.05) is 6.54 Å². The first-order valence-corrected chi connectivity index (χ1v) is 5.53. The number of benzene rings is 1. The van der Waals surface area contributed by atoms with Crippen LogP contribution in [0.15, 0.2) is 35.4 Å². The van der Waals surface area contributed by atoms with Crippen LogP contribution < -0.4 is 16.0 Å². The zero-order valence-corrected chi connectivity index (χ0v) is 10.1. The molecular weight excluding hydrogens is 275 g/mol. The normalized spacial score (nSPS) is 11.4.